The SMILES string of the molecule is C=C/C=C\C(=C/C)c1cc(N2C(=C)/C=C\C=C/Cc3cc4c(cc32)C(C)(C)c2c-4ccc(C)c2Sc2ccccc2C)nc(-c2ccccc2)n1. The Bertz CT molecular complexity index is 2300. The first-order valence-electron chi connectivity index (χ1n) is 17.5. The summed E-state index contributed by atoms with van der Waals surface area (Å²) in [6.45, 7) is 19.7. The van der Waals surface area contributed by atoms with Crippen molar-refractivity contribution in [3.8, 4) is 22.5 Å². The smallest absolute Gasteiger partial charge is 0.162 e. The zero-order chi connectivity index (χ0) is 35.7. The van der Waals surface area contributed by atoms with Crippen LogP contribution in [-0.2, 0) is 11.8 Å². The van der Waals surface area contributed by atoms with Crippen LogP contribution in [0.2, 0.25) is 0 Å². The van der Waals surface area contributed by atoms with Crippen molar-refractivity contribution in [3.63, 3.8) is 0 Å². The van der Waals surface area contributed by atoms with Crippen molar-refractivity contribution in [2.24, 2.45) is 0 Å². The standard InChI is InChI=1S/C47H43N3S/c1-8-10-21-34(9-2)40-30-43(49-46(48-40)35-22-14-12-15-23-35)50-33(5)20-13-11-16-24-36-28-38-37-27-26-32(4)45(51-42-25-18-17-19-31(42)3)44(37)47(6,7)39(38)29-41(36)50/h8-23,25-30H,1,5,24H2,2-4,6-7H3/b16-11-,20-13-,21-10-,34-9+. The Morgan fingerprint density at radius 1 is 0.882 bits per heavy atom. The van der Waals surface area contributed by atoms with E-state index in [-0.39, 0.29) is 5.41 Å². The third-order valence-electron chi connectivity index (χ3n) is 9.86. The molecule has 0 fully saturated rings. The molecule has 0 amide bonds. The van der Waals surface area contributed by atoms with E-state index in [1.54, 1.807) is 6.08 Å². The topological polar surface area (TPSA) is 29.0 Å². The van der Waals surface area contributed by atoms with Crippen molar-refractivity contribution in [3.05, 3.63) is 186 Å². The Labute approximate surface area is 307 Å². The van der Waals surface area contributed by atoms with Crippen molar-refractivity contribution < 1.29 is 0 Å². The number of fused-ring (bicyclic) bond motifs is 4. The summed E-state index contributed by atoms with van der Waals surface area (Å²) in [5.41, 5.74) is 13.6. The summed E-state index contributed by atoms with van der Waals surface area (Å²) < 4.78 is 0. The summed E-state index contributed by atoms with van der Waals surface area (Å²) >= 11 is 1.89. The molecular formula is C47H43N3S. The first-order chi connectivity index (χ1) is 24.7. The van der Waals surface area contributed by atoms with Crippen LogP contribution in [0.1, 0.15) is 54.3 Å². The van der Waals surface area contributed by atoms with Crippen molar-refractivity contribution in [1.29, 1.82) is 0 Å². The van der Waals surface area contributed by atoms with Gasteiger partial charge in [0, 0.05) is 32.5 Å². The fourth-order valence-corrected chi connectivity index (χ4v) is 8.47. The van der Waals surface area contributed by atoms with Gasteiger partial charge in [0.25, 0.3) is 0 Å². The lowest BCUT2D eigenvalue weighted by molar-refractivity contribution is 0.645. The molecule has 51 heavy (non-hydrogen) atoms. The number of nitrogens with zero attached hydrogens (tertiary/aromatic N) is 3. The second-order valence-corrected chi connectivity index (χ2v) is 14.7. The number of allylic oxidation sites excluding steroid dienone is 9. The molecule has 1 aromatic heterocycles. The van der Waals surface area contributed by atoms with Crippen LogP contribution in [0.3, 0.4) is 0 Å². The third kappa shape index (κ3) is 6.37. The molecule has 2 aliphatic rings. The largest absolute Gasteiger partial charge is 0.295 e. The first kappa shape index (κ1) is 34.0. The van der Waals surface area contributed by atoms with Crippen molar-refractivity contribution in [1.82, 2.24) is 9.97 Å². The average Bonchev–Trinajstić information content (AvgIpc) is 3.39. The Balaban J connectivity index is 1.44. The Morgan fingerprint density at radius 3 is 2.43 bits per heavy atom. The summed E-state index contributed by atoms with van der Waals surface area (Å²) in [6, 6.07) is 30.4. The second kappa shape index (κ2) is 14.0. The Kier molecular flexibility index (Phi) is 9.37. The van der Waals surface area contributed by atoms with Crippen molar-refractivity contribution in [2.75, 3.05) is 4.90 Å². The normalized spacial score (nSPS) is 16.1. The minimum Gasteiger partial charge on any atom is -0.295 e. The van der Waals surface area contributed by atoms with Gasteiger partial charge in [0.05, 0.1) is 11.4 Å². The average molecular weight is 682 g/mol. The molecule has 3 nitrogen and oxygen atoms in total. The van der Waals surface area contributed by atoms with Crippen LogP contribution < -0.4 is 4.90 Å². The van der Waals surface area contributed by atoms with Crippen LogP contribution in [0.15, 0.2) is 162 Å². The lowest BCUT2D eigenvalue weighted by atomic mass is 9.81. The highest BCUT2D eigenvalue weighted by molar-refractivity contribution is 7.99. The van der Waals surface area contributed by atoms with Crippen LogP contribution in [0.5, 0.6) is 0 Å². The molecule has 252 valence electrons. The van der Waals surface area contributed by atoms with E-state index in [2.05, 4.69) is 143 Å². The van der Waals surface area contributed by atoms with Crippen LogP contribution in [0, 0.1) is 13.8 Å². The number of hydrogen-bond donors (Lipinski definition) is 0. The molecule has 4 aromatic carbocycles. The summed E-state index contributed by atoms with van der Waals surface area (Å²) in [4.78, 5) is 15.2. The molecule has 0 radical (unpaired) electrons. The predicted molar refractivity (Wildman–Crippen MR) is 218 cm³/mol. The van der Waals surface area contributed by atoms with E-state index in [0.717, 1.165) is 40.5 Å². The minimum atomic E-state index is -0.243. The highest BCUT2D eigenvalue weighted by Crippen LogP contribution is 2.55. The van der Waals surface area contributed by atoms with Crippen LogP contribution >= 0.6 is 11.8 Å². The van der Waals surface area contributed by atoms with Gasteiger partial charge in [0.1, 0.15) is 5.82 Å². The minimum absolute atomic E-state index is 0.243. The van der Waals surface area contributed by atoms with E-state index >= 15 is 0 Å². The molecule has 4 heteroatoms. The van der Waals surface area contributed by atoms with Crippen LogP contribution in [0.25, 0.3) is 28.1 Å². The highest BCUT2D eigenvalue weighted by atomic mass is 32.2. The van der Waals surface area contributed by atoms with Gasteiger partial charge in [0.15, 0.2) is 5.82 Å². The molecule has 0 spiro atoms. The van der Waals surface area contributed by atoms with E-state index in [1.165, 1.54) is 48.7 Å². The number of aromatic nitrogens is 2. The van der Waals surface area contributed by atoms with E-state index in [0.29, 0.717) is 5.82 Å². The molecule has 5 aromatic rings. The summed E-state index contributed by atoms with van der Waals surface area (Å²) in [5, 5.41) is 0. The molecule has 1 aliphatic heterocycles. The van der Waals surface area contributed by atoms with Gasteiger partial charge in [0.2, 0.25) is 0 Å². The maximum atomic E-state index is 5.25. The van der Waals surface area contributed by atoms with Gasteiger partial charge in [-0.25, -0.2) is 9.97 Å². The summed E-state index contributed by atoms with van der Waals surface area (Å²) in [5.74, 6) is 1.43. The van der Waals surface area contributed by atoms with E-state index in [4.69, 9.17) is 9.97 Å². The maximum Gasteiger partial charge on any atom is 0.162 e. The monoisotopic (exact) mass is 681 g/mol. The summed E-state index contributed by atoms with van der Waals surface area (Å²) in [7, 11) is 0. The quantitative estimate of drug-likeness (QED) is 0.160. The second-order valence-electron chi connectivity index (χ2n) is 13.6. The third-order valence-corrected chi connectivity index (χ3v) is 11.3. The first-order valence-corrected chi connectivity index (χ1v) is 18.3. The van der Waals surface area contributed by atoms with Crippen LogP contribution in [-0.4, -0.2) is 9.97 Å². The van der Waals surface area contributed by atoms with Crippen LogP contribution in [0.4, 0.5) is 11.5 Å². The molecular weight excluding hydrogens is 639 g/mol. The molecule has 0 N–H and O–H groups in total. The Morgan fingerprint density at radius 2 is 1.67 bits per heavy atom. The number of hydrogen-bond acceptors (Lipinski definition) is 4. The molecule has 0 saturated carbocycles. The molecule has 0 saturated heterocycles. The van der Waals surface area contributed by atoms with Gasteiger partial charge < -0.3 is 0 Å². The van der Waals surface area contributed by atoms with Gasteiger partial charge in [-0.3, -0.25) is 4.90 Å². The van der Waals surface area contributed by atoms with Crippen molar-refractivity contribution in [2.45, 2.75) is 56.2 Å². The summed E-state index contributed by atoms with van der Waals surface area (Å²) in [6.07, 6.45) is 17.1. The van der Waals surface area contributed by atoms with Gasteiger partial charge in [-0.15, -0.1) is 0 Å². The Hall–Kier alpha value is -5.45. The van der Waals surface area contributed by atoms with E-state index < -0.39 is 0 Å². The zero-order valence-electron chi connectivity index (χ0n) is 30.1. The highest BCUT2D eigenvalue weighted by Gasteiger charge is 2.39. The fraction of sp³-hybridized carbons (Fsp3) is 0.149. The van der Waals surface area contributed by atoms with Gasteiger partial charge in [-0.05, 0) is 96.0 Å². The molecule has 0 atom stereocenters. The lowest BCUT2D eigenvalue weighted by Crippen LogP contribution is -2.21. The molecule has 0 unspecified atom stereocenters. The van der Waals surface area contributed by atoms with Gasteiger partial charge in [-0.2, -0.15) is 0 Å². The molecule has 1 aliphatic carbocycles. The lowest BCUT2D eigenvalue weighted by Gasteiger charge is -2.30. The van der Waals surface area contributed by atoms with E-state index in [1.807, 2.05) is 49.0 Å². The maximum absolute atomic E-state index is 5.25. The van der Waals surface area contributed by atoms with Gasteiger partial charge in [-0.1, -0.05) is 142 Å². The number of anilines is 2. The van der Waals surface area contributed by atoms with Gasteiger partial charge >= 0.3 is 0 Å². The zero-order valence-corrected chi connectivity index (χ0v) is 30.9. The molecule has 2 heterocycles. The molecule has 0 bridgehead atoms. The molecule has 7 rings (SSSR count). The number of aryl methyl sites for hydroxylation is 2. The van der Waals surface area contributed by atoms with Crippen molar-refractivity contribution >= 4 is 28.8 Å². The fourth-order valence-electron chi connectivity index (χ4n) is 7.18. The predicted octanol–water partition coefficient (Wildman–Crippen LogP) is 12.7. The number of benzene rings is 4. The number of rotatable bonds is 7. The van der Waals surface area contributed by atoms with E-state index in [9.17, 15) is 0 Å².